The molecule has 0 radical (unpaired) electrons. The van der Waals surface area contributed by atoms with Crippen molar-refractivity contribution in [3.8, 4) is 5.75 Å². The Kier molecular flexibility index (Phi) is 4.88. The number of pyridine rings is 1. The molecule has 0 saturated heterocycles. The van der Waals surface area contributed by atoms with Crippen molar-refractivity contribution < 1.29 is 27.1 Å². The van der Waals surface area contributed by atoms with E-state index in [0.717, 1.165) is 12.1 Å². The molecule has 0 aliphatic rings. The van der Waals surface area contributed by atoms with Crippen LogP contribution in [0.2, 0.25) is 0 Å². The first-order valence-electron chi connectivity index (χ1n) is 7.49. The molecule has 0 bridgehead atoms. The first-order valence-corrected chi connectivity index (χ1v) is 7.49. The maximum absolute atomic E-state index is 12.4. The van der Waals surface area contributed by atoms with Gasteiger partial charge in [-0.25, -0.2) is 0 Å². The van der Waals surface area contributed by atoms with Crippen molar-refractivity contribution in [3.05, 3.63) is 83.6 Å². The summed E-state index contributed by atoms with van der Waals surface area (Å²) < 4.78 is 45.8. The number of halogens is 3. The fourth-order valence-corrected chi connectivity index (χ4v) is 2.19. The minimum atomic E-state index is -4.81. The standard InChI is InChI=1S/C19H12F3NO3/c20-19(21,22)26-17-4-1-3-13(11-17)18(24)14-6-7-15(23-12-14)8-9-16-5-2-10-25-16/h1-12H/b9-8+. The van der Waals surface area contributed by atoms with E-state index in [9.17, 15) is 18.0 Å². The third-order valence-corrected chi connectivity index (χ3v) is 3.34. The van der Waals surface area contributed by atoms with Gasteiger partial charge in [0, 0.05) is 17.3 Å². The van der Waals surface area contributed by atoms with Crippen LogP contribution in [0, 0.1) is 0 Å². The van der Waals surface area contributed by atoms with Crippen molar-refractivity contribution in [3.63, 3.8) is 0 Å². The average molecular weight is 359 g/mol. The molecule has 0 fully saturated rings. The first-order chi connectivity index (χ1) is 12.4. The van der Waals surface area contributed by atoms with Gasteiger partial charge in [-0.2, -0.15) is 0 Å². The van der Waals surface area contributed by atoms with Crippen LogP contribution in [0.3, 0.4) is 0 Å². The number of ether oxygens (including phenoxy) is 1. The zero-order valence-corrected chi connectivity index (χ0v) is 13.2. The van der Waals surface area contributed by atoms with Gasteiger partial charge in [-0.1, -0.05) is 12.1 Å². The van der Waals surface area contributed by atoms with Crippen molar-refractivity contribution in [1.82, 2.24) is 4.98 Å². The summed E-state index contributed by atoms with van der Waals surface area (Å²) in [6.07, 6.45) is 1.53. The van der Waals surface area contributed by atoms with Gasteiger partial charge in [0.1, 0.15) is 11.5 Å². The molecular weight excluding hydrogens is 347 g/mol. The maximum Gasteiger partial charge on any atom is 0.573 e. The Labute approximate surface area is 146 Å². The van der Waals surface area contributed by atoms with Crippen molar-refractivity contribution in [1.29, 1.82) is 0 Å². The third-order valence-electron chi connectivity index (χ3n) is 3.34. The number of carbonyl (C=O) groups is 1. The van der Waals surface area contributed by atoms with E-state index in [1.807, 2.05) is 0 Å². The molecule has 0 unspecified atom stereocenters. The Hall–Kier alpha value is -3.35. The fourth-order valence-electron chi connectivity index (χ4n) is 2.19. The lowest BCUT2D eigenvalue weighted by atomic mass is 10.0. The van der Waals surface area contributed by atoms with Crippen LogP contribution in [-0.4, -0.2) is 17.1 Å². The van der Waals surface area contributed by atoms with Gasteiger partial charge in [0.15, 0.2) is 5.78 Å². The molecule has 0 atom stereocenters. The summed E-state index contributed by atoms with van der Waals surface area (Å²) >= 11 is 0. The van der Waals surface area contributed by atoms with Crippen LogP contribution in [0.4, 0.5) is 13.2 Å². The van der Waals surface area contributed by atoms with Gasteiger partial charge < -0.3 is 9.15 Å². The van der Waals surface area contributed by atoms with Crippen LogP contribution < -0.4 is 4.74 Å². The second-order valence-electron chi connectivity index (χ2n) is 5.23. The van der Waals surface area contributed by atoms with Gasteiger partial charge in [-0.05, 0) is 48.6 Å². The van der Waals surface area contributed by atoms with Gasteiger partial charge in [-0.3, -0.25) is 9.78 Å². The van der Waals surface area contributed by atoms with Crippen LogP contribution in [0.1, 0.15) is 27.4 Å². The lowest BCUT2D eigenvalue weighted by Crippen LogP contribution is -2.17. The highest BCUT2D eigenvalue weighted by Crippen LogP contribution is 2.24. The molecule has 132 valence electrons. The summed E-state index contributed by atoms with van der Waals surface area (Å²) in [7, 11) is 0. The zero-order valence-electron chi connectivity index (χ0n) is 13.2. The lowest BCUT2D eigenvalue weighted by Gasteiger charge is -2.09. The Morgan fingerprint density at radius 1 is 1.04 bits per heavy atom. The highest BCUT2D eigenvalue weighted by atomic mass is 19.4. The Morgan fingerprint density at radius 2 is 1.88 bits per heavy atom. The molecule has 2 aromatic heterocycles. The Bertz CT molecular complexity index is 914. The molecule has 7 heteroatoms. The number of nitrogens with zero attached hydrogens (tertiary/aromatic N) is 1. The predicted octanol–water partition coefficient (Wildman–Crippen LogP) is 4.97. The van der Waals surface area contributed by atoms with Crippen LogP contribution >= 0.6 is 0 Å². The number of rotatable bonds is 5. The summed E-state index contributed by atoms with van der Waals surface area (Å²) in [5.41, 5.74) is 0.934. The van der Waals surface area contributed by atoms with Gasteiger partial charge in [0.2, 0.25) is 0 Å². The minimum absolute atomic E-state index is 0.0763. The van der Waals surface area contributed by atoms with E-state index in [1.54, 1.807) is 42.7 Å². The van der Waals surface area contributed by atoms with E-state index in [1.165, 1.54) is 18.3 Å². The second-order valence-corrected chi connectivity index (χ2v) is 5.23. The summed E-state index contributed by atoms with van der Waals surface area (Å²) in [5, 5.41) is 0. The van der Waals surface area contributed by atoms with Crippen molar-refractivity contribution in [2.24, 2.45) is 0 Å². The molecule has 0 aliphatic carbocycles. The largest absolute Gasteiger partial charge is 0.573 e. The highest BCUT2D eigenvalue weighted by Gasteiger charge is 2.31. The highest BCUT2D eigenvalue weighted by molar-refractivity contribution is 6.09. The zero-order chi connectivity index (χ0) is 18.6. The fraction of sp³-hybridized carbons (Fsp3) is 0.0526. The summed E-state index contributed by atoms with van der Waals surface area (Å²) in [5.74, 6) is -0.241. The summed E-state index contributed by atoms with van der Waals surface area (Å²) in [6.45, 7) is 0. The van der Waals surface area contributed by atoms with E-state index in [4.69, 9.17) is 4.42 Å². The van der Waals surface area contributed by atoms with E-state index >= 15 is 0 Å². The van der Waals surface area contributed by atoms with Crippen LogP contribution in [0.5, 0.6) is 5.75 Å². The SMILES string of the molecule is O=C(c1ccc(/C=C/c2ccco2)nc1)c1cccc(OC(F)(F)F)c1. The molecule has 3 aromatic rings. The predicted molar refractivity (Wildman–Crippen MR) is 88.4 cm³/mol. The van der Waals surface area contributed by atoms with Crippen LogP contribution in [0.15, 0.2) is 65.4 Å². The van der Waals surface area contributed by atoms with Crippen molar-refractivity contribution in [2.45, 2.75) is 6.36 Å². The second kappa shape index (κ2) is 7.26. The first kappa shape index (κ1) is 17.5. The van der Waals surface area contributed by atoms with Crippen molar-refractivity contribution in [2.75, 3.05) is 0 Å². The Morgan fingerprint density at radius 3 is 2.54 bits per heavy atom. The monoisotopic (exact) mass is 359 g/mol. The molecule has 0 N–H and O–H groups in total. The molecule has 4 nitrogen and oxygen atoms in total. The topological polar surface area (TPSA) is 52.3 Å². The number of hydrogen-bond donors (Lipinski definition) is 0. The van der Waals surface area contributed by atoms with Gasteiger partial charge in [0.25, 0.3) is 0 Å². The minimum Gasteiger partial charge on any atom is -0.465 e. The number of alkyl halides is 3. The van der Waals surface area contributed by atoms with Crippen LogP contribution in [-0.2, 0) is 0 Å². The number of carbonyl (C=O) groups excluding carboxylic acids is 1. The van der Waals surface area contributed by atoms with Gasteiger partial charge in [-0.15, -0.1) is 13.2 Å². The van der Waals surface area contributed by atoms with Gasteiger partial charge in [0.05, 0.1) is 12.0 Å². The Balaban J connectivity index is 1.75. The number of furan rings is 1. The number of benzene rings is 1. The molecule has 0 aliphatic heterocycles. The maximum atomic E-state index is 12.4. The molecule has 2 heterocycles. The van der Waals surface area contributed by atoms with E-state index in [2.05, 4.69) is 9.72 Å². The van der Waals surface area contributed by atoms with Crippen LogP contribution in [0.25, 0.3) is 12.2 Å². The molecule has 1 aromatic carbocycles. The van der Waals surface area contributed by atoms with Gasteiger partial charge >= 0.3 is 6.36 Å². The quantitative estimate of drug-likeness (QED) is 0.603. The molecule has 0 amide bonds. The number of aromatic nitrogens is 1. The normalized spacial score (nSPS) is 11.7. The van der Waals surface area contributed by atoms with E-state index in [-0.39, 0.29) is 11.1 Å². The lowest BCUT2D eigenvalue weighted by molar-refractivity contribution is -0.274. The van der Waals surface area contributed by atoms with Crippen molar-refractivity contribution >= 4 is 17.9 Å². The molecular formula is C19H12F3NO3. The smallest absolute Gasteiger partial charge is 0.465 e. The van der Waals surface area contributed by atoms with E-state index in [0.29, 0.717) is 11.5 Å². The third kappa shape index (κ3) is 4.60. The molecule has 0 saturated carbocycles. The van der Waals surface area contributed by atoms with E-state index < -0.39 is 17.9 Å². The number of hydrogen-bond acceptors (Lipinski definition) is 4. The molecule has 26 heavy (non-hydrogen) atoms. The summed E-state index contributed by atoms with van der Waals surface area (Å²) in [6, 6.07) is 11.6. The molecule has 0 spiro atoms. The summed E-state index contributed by atoms with van der Waals surface area (Å²) in [4.78, 5) is 16.6. The average Bonchev–Trinajstić information content (AvgIpc) is 3.12. The molecule has 3 rings (SSSR count). The number of ketones is 1.